The third kappa shape index (κ3) is 4.16. The quantitative estimate of drug-likeness (QED) is 0.628. The fourth-order valence-electron chi connectivity index (χ4n) is 0.929. The molecule has 0 bridgehead atoms. The lowest BCUT2D eigenvalue weighted by Crippen LogP contribution is -1.83. The largest absolute Gasteiger partial charge is 0.512 e. The predicted octanol–water partition coefficient (Wildman–Crippen LogP) is 3.57. The lowest BCUT2D eigenvalue weighted by atomic mass is 10.2. The van der Waals surface area contributed by atoms with Crippen molar-refractivity contribution in [1.82, 2.24) is 0 Å². The zero-order valence-electron chi connectivity index (χ0n) is 7.37. The van der Waals surface area contributed by atoms with Crippen LogP contribution in [0.1, 0.15) is 12.5 Å². The molecule has 1 aromatic carbocycles. The Hall–Kier alpha value is 0.01000. The van der Waals surface area contributed by atoms with Gasteiger partial charge in [0, 0.05) is 9.13 Å². The molecule has 0 aromatic heterocycles. The molecule has 0 aliphatic carbocycles. The topological polar surface area (TPSA) is 26.3 Å². The van der Waals surface area contributed by atoms with Crippen molar-refractivity contribution >= 4 is 30.6 Å². The Labute approximate surface area is 92.7 Å². The lowest BCUT2D eigenvalue weighted by Gasteiger charge is -1.92. The molecule has 1 atom stereocenters. The van der Waals surface area contributed by atoms with Crippen LogP contribution in [-0.2, 0) is 15.3 Å². The van der Waals surface area contributed by atoms with Gasteiger partial charge in [0.05, 0.1) is 6.61 Å². The van der Waals surface area contributed by atoms with Crippen molar-refractivity contribution in [2.45, 2.75) is 13.1 Å². The molecule has 0 saturated heterocycles. The van der Waals surface area contributed by atoms with Gasteiger partial charge < -0.3 is 0 Å². The summed E-state index contributed by atoms with van der Waals surface area (Å²) in [6, 6.07) is 7.97. The van der Waals surface area contributed by atoms with E-state index in [9.17, 15) is 4.57 Å². The van der Waals surface area contributed by atoms with E-state index in [1.165, 1.54) is 3.57 Å². The van der Waals surface area contributed by atoms with E-state index in [4.69, 9.17) is 4.52 Å². The highest BCUT2D eigenvalue weighted by atomic mass is 127. The molecule has 70 valence electrons. The van der Waals surface area contributed by atoms with Crippen LogP contribution in [0.3, 0.4) is 0 Å². The lowest BCUT2D eigenvalue weighted by molar-refractivity contribution is 0.350. The van der Waals surface area contributed by atoms with Crippen molar-refractivity contribution in [3.8, 4) is 0 Å². The third-order valence-electron chi connectivity index (χ3n) is 1.50. The summed E-state index contributed by atoms with van der Waals surface area (Å²) < 4.78 is 17.4. The van der Waals surface area contributed by atoms with Crippen molar-refractivity contribution in [3.63, 3.8) is 0 Å². The Bertz CT molecular complexity index is 284. The Morgan fingerprint density at radius 3 is 2.54 bits per heavy atom. The van der Waals surface area contributed by atoms with Gasteiger partial charge in [0.25, 0.3) is 0 Å². The van der Waals surface area contributed by atoms with Gasteiger partial charge in [-0.25, -0.2) is 0 Å². The molecule has 0 fully saturated rings. The van der Waals surface area contributed by atoms with Crippen LogP contribution in [0.5, 0.6) is 0 Å². The molecular weight excluding hydrogens is 298 g/mol. The Kier molecular flexibility index (Phi) is 4.84. The second-order valence-corrected chi connectivity index (χ2v) is 5.02. The molecular formula is C9H11IO2P+. The van der Waals surface area contributed by atoms with Crippen molar-refractivity contribution in [2.75, 3.05) is 6.61 Å². The van der Waals surface area contributed by atoms with Crippen molar-refractivity contribution in [3.05, 3.63) is 33.4 Å². The van der Waals surface area contributed by atoms with E-state index < -0.39 is 8.03 Å². The molecule has 0 spiro atoms. The summed E-state index contributed by atoms with van der Waals surface area (Å²) >= 11 is 2.24. The average molecular weight is 309 g/mol. The van der Waals surface area contributed by atoms with E-state index in [0.29, 0.717) is 12.8 Å². The highest BCUT2D eigenvalue weighted by Gasteiger charge is 2.16. The van der Waals surface area contributed by atoms with Crippen LogP contribution in [0, 0.1) is 3.57 Å². The van der Waals surface area contributed by atoms with Gasteiger partial charge in [-0.05, 0) is 46.2 Å². The van der Waals surface area contributed by atoms with E-state index in [1.54, 1.807) is 0 Å². The molecule has 1 unspecified atom stereocenters. The van der Waals surface area contributed by atoms with Crippen LogP contribution in [0.4, 0.5) is 0 Å². The van der Waals surface area contributed by atoms with Crippen LogP contribution in [0.25, 0.3) is 0 Å². The van der Waals surface area contributed by atoms with Crippen LogP contribution in [0.2, 0.25) is 0 Å². The van der Waals surface area contributed by atoms with Crippen LogP contribution in [-0.4, -0.2) is 6.61 Å². The molecule has 4 heteroatoms. The standard InChI is InChI=1S/C9H11IO2P/c1-2-12-13(11)7-8-3-5-9(10)6-4-8/h3-6H,2,7H2,1H3/q+1. The van der Waals surface area contributed by atoms with E-state index >= 15 is 0 Å². The van der Waals surface area contributed by atoms with Crippen molar-refractivity contribution < 1.29 is 9.09 Å². The van der Waals surface area contributed by atoms with Crippen LogP contribution >= 0.6 is 30.6 Å². The summed E-state index contributed by atoms with van der Waals surface area (Å²) in [5.41, 5.74) is 1.06. The molecule has 0 amide bonds. The average Bonchev–Trinajstić information content (AvgIpc) is 2.09. The molecule has 0 N–H and O–H groups in total. The number of benzene rings is 1. The zero-order chi connectivity index (χ0) is 9.68. The number of rotatable bonds is 4. The summed E-state index contributed by atoms with van der Waals surface area (Å²) in [5.74, 6) is 0. The fraction of sp³-hybridized carbons (Fsp3) is 0.333. The van der Waals surface area contributed by atoms with Gasteiger partial charge in [-0.15, -0.1) is 4.52 Å². The SMILES string of the molecule is CCO[P+](=O)Cc1ccc(I)cc1. The summed E-state index contributed by atoms with van der Waals surface area (Å²) in [7, 11) is -1.52. The summed E-state index contributed by atoms with van der Waals surface area (Å²) in [4.78, 5) is 0. The van der Waals surface area contributed by atoms with Gasteiger partial charge in [-0.1, -0.05) is 12.1 Å². The first-order chi connectivity index (χ1) is 6.22. The zero-order valence-corrected chi connectivity index (χ0v) is 10.4. The minimum absolute atomic E-state index is 0.513. The van der Waals surface area contributed by atoms with Gasteiger partial charge in [0.1, 0.15) is 0 Å². The van der Waals surface area contributed by atoms with Gasteiger partial charge in [-0.3, -0.25) is 0 Å². The Morgan fingerprint density at radius 2 is 2.00 bits per heavy atom. The normalized spacial score (nSPS) is 11.4. The molecule has 0 aliphatic rings. The highest BCUT2D eigenvalue weighted by Crippen LogP contribution is 2.27. The summed E-state index contributed by atoms with van der Waals surface area (Å²) in [5, 5.41) is 0. The molecule has 13 heavy (non-hydrogen) atoms. The second kappa shape index (κ2) is 5.68. The van der Waals surface area contributed by atoms with Gasteiger partial charge in [-0.2, -0.15) is 0 Å². The minimum atomic E-state index is -1.52. The third-order valence-corrected chi connectivity index (χ3v) is 3.39. The predicted molar refractivity (Wildman–Crippen MR) is 62.1 cm³/mol. The van der Waals surface area contributed by atoms with E-state index in [1.807, 2.05) is 31.2 Å². The van der Waals surface area contributed by atoms with Gasteiger partial charge in [0.15, 0.2) is 0 Å². The maximum atomic E-state index is 11.2. The summed E-state index contributed by atoms with van der Waals surface area (Å²) in [6.07, 6.45) is 0.514. The van der Waals surface area contributed by atoms with Crippen molar-refractivity contribution in [1.29, 1.82) is 0 Å². The Balaban J connectivity index is 2.54. The van der Waals surface area contributed by atoms with Crippen molar-refractivity contribution in [2.24, 2.45) is 0 Å². The second-order valence-electron chi connectivity index (χ2n) is 2.54. The maximum absolute atomic E-state index is 11.2. The molecule has 0 saturated carbocycles. The van der Waals surface area contributed by atoms with E-state index in [-0.39, 0.29) is 0 Å². The molecule has 0 heterocycles. The smallest absolute Gasteiger partial charge is 0.146 e. The van der Waals surface area contributed by atoms with E-state index in [0.717, 1.165) is 5.56 Å². The monoisotopic (exact) mass is 309 g/mol. The first-order valence-corrected chi connectivity index (χ1v) is 6.48. The number of hydrogen-bond donors (Lipinski definition) is 0. The minimum Gasteiger partial charge on any atom is -0.146 e. The van der Waals surface area contributed by atoms with E-state index in [2.05, 4.69) is 22.6 Å². The first-order valence-electron chi connectivity index (χ1n) is 4.04. The number of hydrogen-bond acceptors (Lipinski definition) is 2. The maximum Gasteiger partial charge on any atom is 0.512 e. The Morgan fingerprint density at radius 1 is 1.38 bits per heavy atom. The van der Waals surface area contributed by atoms with Crippen LogP contribution in [0.15, 0.2) is 24.3 Å². The summed E-state index contributed by atoms with van der Waals surface area (Å²) in [6.45, 7) is 2.36. The molecule has 2 nitrogen and oxygen atoms in total. The fourth-order valence-corrected chi connectivity index (χ4v) is 2.18. The van der Waals surface area contributed by atoms with Crippen LogP contribution < -0.4 is 0 Å². The van der Waals surface area contributed by atoms with Gasteiger partial charge in [0.2, 0.25) is 6.16 Å². The molecule has 1 aromatic rings. The molecule has 0 radical (unpaired) electrons. The first kappa shape index (κ1) is 11.1. The molecule has 0 aliphatic heterocycles. The molecule has 1 rings (SSSR count). The van der Waals surface area contributed by atoms with Gasteiger partial charge >= 0.3 is 8.03 Å². The highest BCUT2D eigenvalue weighted by molar-refractivity contribution is 14.1. The number of halogens is 1.